The van der Waals surface area contributed by atoms with Gasteiger partial charge < -0.3 is 20.7 Å². The Morgan fingerprint density at radius 2 is 1.94 bits per heavy atom. The summed E-state index contributed by atoms with van der Waals surface area (Å²) in [7, 11) is 0. The number of thioether (sulfide) groups is 1. The number of hydrogen-bond acceptors (Lipinski definition) is 7. The number of carbonyl (C=O) groups is 2. The van der Waals surface area contributed by atoms with Crippen LogP contribution in [0.2, 0.25) is 0 Å². The van der Waals surface area contributed by atoms with Crippen molar-refractivity contribution in [2.45, 2.75) is 102 Å². The van der Waals surface area contributed by atoms with Crippen LogP contribution in [0.3, 0.4) is 0 Å². The van der Waals surface area contributed by atoms with Crippen LogP contribution >= 0.6 is 11.8 Å². The normalized spacial score (nSPS) is 55.4. The van der Waals surface area contributed by atoms with Crippen molar-refractivity contribution < 1.29 is 24.5 Å². The van der Waals surface area contributed by atoms with Gasteiger partial charge in [0, 0.05) is 28.5 Å². The lowest BCUT2D eigenvalue weighted by Crippen LogP contribution is -2.50. The highest BCUT2D eigenvalue weighted by molar-refractivity contribution is 8.00. The molecule has 5 rings (SSSR count). The third-order valence-electron chi connectivity index (χ3n) is 11.0. The Morgan fingerprint density at radius 1 is 1.21 bits per heavy atom. The van der Waals surface area contributed by atoms with Crippen LogP contribution in [0.15, 0.2) is 0 Å². The fraction of sp³-hybridized carbons (Fsp3) is 0.923. The minimum absolute atomic E-state index is 0.000981. The lowest BCUT2D eigenvalue weighted by atomic mass is 9.60. The van der Waals surface area contributed by atoms with Gasteiger partial charge in [-0.05, 0) is 67.6 Å². The summed E-state index contributed by atoms with van der Waals surface area (Å²) in [6.07, 6.45) is 3.96. The Morgan fingerprint density at radius 3 is 2.64 bits per heavy atom. The van der Waals surface area contributed by atoms with Crippen molar-refractivity contribution in [1.82, 2.24) is 0 Å². The van der Waals surface area contributed by atoms with Gasteiger partial charge in [-0.3, -0.25) is 9.59 Å². The molecule has 5 aliphatic rings. The molecule has 5 aliphatic carbocycles. The number of carbonyl (C=O) groups excluding carboxylic acids is 2. The maximum absolute atomic E-state index is 13.2. The number of ketones is 1. The average Bonchev–Trinajstić information content (AvgIpc) is 3.13. The van der Waals surface area contributed by atoms with E-state index in [1.807, 2.05) is 0 Å². The molecule has 6 nitrogen and oxygen atoms in total. The number of esters is 1. The number of ether oxygens (including phenoxy) is 1. The third kappa shape index (κ3) is 3.10. The number of nitrogens with two attached hydrogens (primary N) is 1. The summed E-state index contributed by atoms with van der Waals surface area (Å²) in [5.41, 5.74) is 5.24. The topological polar surface area (TPSA) is 110 Å². The van der Waals surface area contributed by atoms with E-state index in [9.17, 15) is 19.8 Å². The molecule has 2 spiro atoms. The predicted octanol–water partition coefficient (Wildman–Crippen LogP) is 2.92. The van der Waals surface area contributed by atoms with E-state index in [0.29, 0.717) is 31.0 Å². The monoisotopic (exact) mass is 479 g/mol. The number of Topliss-reactive ketones (excluding diaryl/α,β-unsaturated/α-hetero) is 1. The Labute approximate surface area is 201 Å². The summed E-state index contributed by atoms with van der Waals surface area (Å²) in [4.78, 5) is 26.3. The van der Waals surface area contributed by atoms with Gasteiger partial charge in [-0.15, -0.1) is 11.8 Å². The highest BCUT2D eigenvalue weighted by atomic mass is 32.2. The highest BCUT2D eigenvalue weighted by Crippen LogP contribution is 2.91. The summed E-state index contributed by atoms with van der Waals surface area (Å²) in [6, 6.07) is 0.0400. The molecule has 0 aromatic rings. The van der Waals surface area contributed by atoms with E-state index in [2.05, 4.69) is 27.7 Å². The zero-order valence-electron chi connectivity index (χ0n) is 20.5. The summed E-state index contributed by atoms with van der Waals surface area (Å²) in [5, 5.41) is 21.6. The van der Waals surface area contributed by atoms with E-state index in [1.165, 1.54) is 11.8 Å². The summed E-state index contributed by atoms with van der Waals surface area (Å²) in [5.74, 6) is 0.913. The van der Waals surface area contributed by atoms with Gasteiger partial charge in [-0.25, -0.2) is 0 Å². The maximum atomic E-state index is 13.2. The molecule has 0 aromatic heterocycles. The van der Waals surface area contributed by atoms with Crippen molar-refractivity contribution in [2.24, 2.45) is 45.7 Å². The van der Waals surface area contributed by atoms with Gasteiger partial charge in [0.05, 0.1) is 18.0 Å². The van der Waals surface area contributed by atoms with Gasteiger partial charge >= 0.3 is 5.97 Å². The molecular formula is C26H41NO5S. The minimum Gasteiger partial charge on any atom is -0.461 e. The van der Waals surface area contributed by atoms with Crippen molar-refractivity contribution in [1.29, 1.82) is 0 Å². The molecule has 0 aliphatic heterocycles. The first-order chi connectivity index (χ1) is 15.5. The van der Waals surface area contributed by atoms with Gasteiger partial charge in [0.15, 0.2) is 0 Å². The van der Waals surface area contributed by atoms with Crippen LogP contribution in [0.1, 0.15) is 72.6 Å². The molecule has 0 aromatic carbocycles. The van der Waals surface area contributed by atoms with E-state index >= 15 is 0 Å². The van der Waals surface area contributed by atoms with Gasteiger partial charge in [0.2, 0.25) is 0 Å². The Balaban J connectivity index is 1.36. The molecule has 33 heavy (non-hydrogen) atoms. The molecule has 0 radical (unpaired) electrons. The zero-order chi connectivity index (χ0) is 23.9. The van der Waals surface area contributed by atoms with Gasteiger partial charge in [-0.2, -0.15) is 0 Å². The number of hydrogen-bond donors (Lipinski definition) is 3. The van der Waals surface area contributed by atoms with Gasteiger partial charge in [-0.1, -0.05) is 27.7 Å². The number of aliphatic hydroxyl groups excluding tert-OH is 2. The van der Waals surface area contributed by atoms with Crippen LogP contribution in [0.5, 0.6) is 0 Å². The average molecular weight is 480 g/mol. The smallest absolute Gasteiger partial charge is 0.316 e. The van der Waals surface area contributed by atoms with Crippen LogP contribution < -0.4 is 5.73 Å². The van der Waals surface area contributed by atoms with Gasteiger partial charge in [0.1, 0.15) is 11.9 Å². The van der Waals surface area contributed by atoms with E-state index in [1.54, 1.807) is 0 Å². The quantitative estimate of drug-likeness (QED) is 0.532. The maximum Gasteiger partial charge on any atom is 0.316 e. The van der Waals surface area contributed by atoms with Crippen LogP contribution in [-0.2, 0) is 14.3 Å². The van der Waals surface area contributed by atoms with Crippen molar-refractivity contribution in [3.63, 3.8) is 0 Å². The molecule has 4 N–H and O–H groups in total. The minimum atomic E-state index is -0.490. The molecule has 7 heteroatoms. The van der Waals surface area contributed by atoms with Gasteiger partial charge in [0.25, 0.3) is 0 Å². The molecule has 12 unspecified atom stereocenters. The first-order valence-corrected chi connectivity index (χ1v) is 14.0. The second-order valence-corrected chi connectivity index (χ2v) is 13.5. The predicted molar refractivity (Wildman–Crippen MR) is 127 cm³/mol. The number of aliphatic hydroxyl groups is 2. The fourth-order valence-corrected chi connectivity index (χ4v) is 10.3. The molecule has 5 fully saturated rings. The third-order valence-corrected chi connectivity index (χ3v) is 12.4. The SMILES string of the molecule is CC1CC(OC(=O)CSC2CCC(N)CC2O)C2(C)C(C)CC34C(=O)CCC3(C(C)C1O)C24. The molecule has 0 heterocycles. The van der Waals surface area contributed by atoms with Crippen LogP contribution in [0.25, 0.3) is 0 Å². The lowest BCUT2D eigenvalue weighted by molar-refractivity contribution is -0.164. The van der Waals surface area contributed by atoms with Crippen molar-refractivity contribution in [3.8, 4) is 0 Å². The summed E-state index contributed by atoms with van der Waals surface area (Å²) >= 11 is 1.48. The molecule has 0 saturated heterocycles. The lowest BCUT2D eigenvalue weighted by Gasteiger charge is -2.48. The molecular weight excluding hydrogens is 438 g/mol. The number of rotatable bonds is 4. The first kappa shape index (κ1) is 24.1. The second-order valence-electron chi connectivity index (χ2n) is 12.3. The van der Waals surface area contributed by atoms with Crippen molar-refractivity contribution in [3.05, 3.63) is 0 Å². The van der Waals surface area contributed by atoms with Crippen LogP contribution in [-0.4, -0.2) is 57.3 Å². The van der Waals surface area contributed by atoms with E-state index in [4.69, 9.17) is 10.5 Å². The first-order valence-electron chi connectivity index (χ1n) is 13.0. The fourth-order valence-electron chi connectivity index (χ4n) is 9.27. The van der Waals surface area contributed by atoms with E-state index in [0.717, 1.165) is 25.7 Å². The Bertz CT molecular complexity index is 837. The Kier molecular flexibility index (Phi) is 5.79. The second kappa shape index (κ2) is 7.94. The van der Waals surface area contributed by atoms with Crippen LogP contribution in [0, 0.1) is 39.9 Å². The standard InChI is InChI=1S/C26H41NO5S/c1-13-9-20(32-21(30)12-33-18-6-5-16(27)10-17(18)28)24(4)14(2)11-26-19(29)7-8-25(26,23(24)26)15(3)22(13)31/h13-18,20,22-23,28,31H,5-12,27H2,1-4H3. The highest BCUT2D eigenvalue weighted by Gasteiger charge is 2.91. The molecule has 0 amide bonds. The summed E-state index contributed by atoms with van der Waals surface area (Å²) in [6.45, 7) is 8.68. The van der Waals surface area contributed by atoms with Crippen molar-refractivity contribution in [2.75, 3.05) is 5.75 Å². The van der Waals surface area contributed by atoms with E-state index in [-0.39, 0.29) is 63.1 Å². The molecule has 0 bridgehead atoms. The Hall–Kier alpha value is -0.630. The molecule has 12 atom stereocenters. The van der Waals surface area contributed by atoms with E-state index < -0.39 is 12.2 Å². The largest absolute Gasteiger partial charge is 0.461 e. The zero-order valence-corrected chi connectivity index (χ0v) is 21.3. The summed E-state index contributed by atoms with van der Waals surface area (Å²) < 4.78 is 6.23. The molecule has 186 valence electrons. The van der Waals surface area contributed by atoms with Crippen LogP contribution in [0.4, 0.5) is 0 Å². The van der Waals surface area contributed by atoms with Crippen molar-refractivity contribution >= 4 is 23.5 Å². The molecule has 5 saturated carbocycles.